The van der Waals surface area contributed by atoms with Crippen LogP contribution in [0.4, 0.5) is 5.13 Å². The van der Waals surface area contributed by atoms with Gasteiger partial charge >= 0.3 is 0 Å². The van der Waals surface area contributed by atoms with Crippen LogP contribution in [-0.4, -0.2) is 31.1 Å². The summed E-state index contributed by atoms with van der Waals surface area (Å²) in [5.41, 5.74) is 0. The number of hydrogen-bond acceptors (Lipinski definition) is 6. The molecule has 1 aromatic heterocycles. The standard InChI is InChI=1S/C16H21ClN4O3S2/c1-3-11(4-2)15-20-21-16(25-15)19-14(22)9-10-18-26(23,24)13-7-5-12(17)6-8-13/h5-8,11,18H,3-4,9-10H2,1-2H3,(H,19,21,22). The first-order chi connectivity index (χ1) is 12.4. The minimum atomic E-state index is -3.67. The molecule has 0 radical (unpaired) electrons. The van der Waals surface area contributed by atoms with E-state index < -0.39 is 10.0 Å². The molecule has 26 heavy (non-hydrogen) atoms. The van der Waals surface area contributed by atoms with Gasteiger partial charge in [-0.3, -0.25) is 4.79 Å². The van der Waals surface area contributed by atoms with E-state index in [1.165, 1.54) is 35.6 Å². The number of nitrogens with zero attached hydrogens (tertiary/aromatic N) is 2. The summed E-state index contributed by atoms with van der Waals surface area (Å²) in [6.07, 6.45) is 1.92. The van der Waals surface area contributed by atoms with Crippen molar-refractivity contribution in [3.05, 3.63) is 34.3 Å². The number of benzene rings is 1. The average Bonchev–Trinajstić information content (AvgIpc) is 3.04. The number of sulfonamides is 1. The molecule has 7 nitrogen and oxygen atoms in total. The van der Waals surface area contributed by atoms with Crippen molar-refractivity contribution in [2.75, 3.05) is 11.9 Å². The van der Waals surface area contributed by atoms with Crippen molar-refractivity contribution in [2.24, 2.45) is 0 Å². The second kappa shape index (κ2) is 9.40. The molecule has 1 aromatic carbocycles. The minimum absolute atomic E-state index is 0.00722. The highest BCUT2D eigenvalue weighted by atomic mass is 35.5. The summed E-state index contributed by atoms with van der Waals surface area (Å²) in [7, 11) is -3.67. The van der Waals surface area contributed by atoms with Crippen LogP contribution in [0, 0.1) is 0 Å². The molecule has 2 rings (SSSR count). The molecular formula is C16H21ClN4O3S2. The van der Waals surface area contributed by atoms with Gasteiger partial charge in [0.25, 0.3) is 0 Å². The Morgan fingerprint density at radius 1 is 1.19 bits per heavy atom. The lowest BCUT2D eigenvalue weighted by molar-refractivity contribution is -0.116. The largest absolute Gasteiger partial charge is 0.300 e. The lowest BCUT2D eigenvalue weighted by Crippen LogP contribution is -2.27. The number of anilines is 1. The van der Waals surface area contributed by atoms with Crippen molar-refractivity contribution >= 4 is 44.0 Å². The summed E-state index contributed by atoms with van der Waals surface area (Å²) in [6, 6.07) is 5.81. The van der Waals surface area contributed by atoms with Gasteiger partial charge in [-0.15, -0.1) is 10.2 Å². The number of aromatic nitrogens is 2. The fourth-order valence-electron chi connectivity index (χ4n) is 2.27. The highest BCUT2D eigenvalue weighted by molar-refractivity contribution is 7.89. The number of halogens is 1. The number of rotatable bonds is 9. The summed E-state index contributed by atoms with van der Waals surface area (Å²) in [5.74, 6) is 0.0143. The molecular weight excluding hydrogens is 396 g/mol. The van der Waals surface area contributed by atoms with Crippen LogP contribution >= 0.6 is 22.9 Å². The first kappa shape index (κ1) is 20.8. The van der Waals surface area contributed by atoms with Crippen molar-refractivity contribution in [3.63, 3.8) is 0 Å². The molecule has 0 aliphatic carbocycles. The normalized spacial score (nSPS) is 11.7. The molecule has 1 heterocycles. The fraction of sp³-hybridized carbons (Fsp3) is 0.438. The molecule has 0 aliphatic rings. The van der Waals surface area contributed by atoms with E-state index in [0.717, 1.165) is 17.8 Å². The van der Waals surface area contributed by atoms with Crippen molar-refractivity contribution < 1.29 is 13.2 Å². The van der Waals surface area contributed by atoms with E-state index in [1.807, 2.05) is 0 Å². The zero-order valence-corrected chi connectivity index (χ0v) is 16.9. The SMILES string of the molecule is CCC(CC)c1nnc(NC(=O)CCNS(=O)(=O)c2ccc(Cl)cc2)s1. The highest BCUT2D eigenvalue weighted by Gasteiger charge is 2.16. The maximum atomic E-state index is 12.1. The van der Waals surface area contributed by atoms with Crippen LogP contribution in [0.15, 0.2) is 29.2 Å². The van der Waals surface area contributed by atoms with Gasteiger partial charge in [-0.05, 0) is 37.1 Å². The van der Waals surface area contributed by atoms with Crippen molar-refractivity contribution in [1.82, 2.24) is 14.9 Å². The van der Waals surface area contributed by atoms with E-state index in [2.05, 4.69) is 34.1 Å². The lowest BCUT2D eigenvalue weighted by atomic mass is 10.1. The summed E-state index contributed by atoms with van der Waals surface area (Å²) in [5, 5.41) is 12.5. The highest BCUT2D eigenvalue weighted by Crippen LogP contribution is 2.28. The second-order valence-corrected chi connectivity index (χ2v) is 8.82. The number of carbonyl (C=O) groups is 1. The van der Waals surface area contributed by atoms with Gasteiger partial charge in [0, 0.05) is 23.9 Å². The van der Waals surface area contributed by atoms with E-state index in [1.54, 1.807) is 0 Å². The van der Waals surface area contributed by atoms with E-state index in [-0.39, 0.29) is 23.8 Å². The molecule has 0 unspecified atom stereocenters. The van der Waals surface area contributed by atoms with Crippen molar-refractivity contribution in [1.29, 1.82) is 0 Å². The van der Waals surface area contributed by atoms with E-state index >= 15 is 0 Å². The summed E-state index contributed by atoms with van der Waals surface area (Å²) in [6.45, 7) is 4.15. The predicted molar refractivity (Wildman–Crippen MR) is 103 cm³/mol. The monoisotopic (exact) mass is 416 g/mol. The first-order valence-corrected chi connectivity index (χ1v) is 10.9. The zero-order chi connectivity index (χ0) is 19.2. The van der Waals surface area contributed by atoms with Crippen LogP contribution in [0.25, 0.3) is 0 Å². The molecule has 2 aromatic rings. The van der Waals surface area contributed by atoms with Gasteiger partial charge in [0.15, 0.2) is 0 Å². The topological polar surface area (TPSA) is 101 Å². The number of nitrogens with one attached hydrogen (secondary N) is 2. The number of hydrogen-bond donors (Lipinski definition) is 2. The van der Waals surface area contributed by atoms with Crippen LogP contribution in [0.5, 0.6) is 0 Å². The van der Waals surface area contributed by atoms with Gasteiger partial charge in [-0.2, -0.15) is 0 Å². The van der Waals surface area contributed by atoms with E-state index in [4.69, 9.17) is 11.6 Å². The second-order valence-electron chi connectivity index (χ2n) is 5.61. The Morgan fingerprint density at radius 2 is 1.85 bits per heavy atom. The zero-order valence-electron chi connectivity index (χ0n) is 14.5. The summed E-state index contributed by atoms with van der Waals surface area (Å²) < 4.78 is 26.6. The predicted octanol–water partition coefficient (Wildman–Crippen LogP) is 3.40. The Labute approximate surface area is 162 Å². The Hall–Kier alpha value is -1.55. The molecule has 0 saturated heterocycles. The molecule has 1 amide bonds. The third-order valence-electron chi connectivity index (χ3n) is 3.79. The molecule has 2 N–H and O–H groups in total. The first-order valence-electron chi connectivity index (χ1n) is 8.24. The van der Waals surface area contributed by atoms with Crippen LogP contribution < -0.4 is 10.0 Å². The number of amides is 1. The smallest absolute Gasteiger partial charge is 0.240 e. The molecule has 0 spiro atoms. The van der Waals surface area contributed by atoms with Gasteiger partial charge in [0.1, 0.15) is 5.01 Å². The third-order valence-corrected chi connectivity index (χ3v) is 6.52. The molecule has 0 bridgehead atoms. The molecule has 10 heteroatoms. The quantitative estimate of drug-likeness (QED) is 0.652. The van der Waals surface area contributed by atoms with Gasteiger partial charge in [-0.25, -0.2) is 13.1 Å². The van der Waals surface area contributed by atoms with Crippen LogP contribution in [0.2, 0.25) is 5.02 Å². The average molecular weight is 417 g/mol. The Kier molecular flexibility index (Phi) is 7.51. The van der Waals surface area contributed by atoms with Gasteiger partial charge in [0.2, 0.25) is 21.1 Å². The maximum Gasteiger partial charge on any atom is 0.240 e. The maximum absolute atomic E-state index is 12.1. The fourth-order valence-corrected chi connectivity index (χ4v) is 4.45. The minimum Gasteiger partial charge on any atom is -0.300 e. The van der Waals surface area contributed by atoms with E-state index in [9.17, 15) is 13.2 Å². The van der Waals surface area contributed by atoms with E-state index in [0.29, 0.717) is 16.1 Å². The van der Waals surface area contributed by atoms with Gasteiger partial charge in [0.05, 0.1) is 4.90 Å². The number of carbonyl (C=O) groups excluding carboxylic acids is 1. The van der Waals surface area contributed by atoms with Gasteiger partial charge < -0.3 is 5.32 Å². The summed E-state index contributed by atoms with van der Waals surface area (Å²) in [4.78, 5) is 12.1. The van der Waals surface area contributed by atoms with Crippen LogP contribution in [0.3, 0.4) is 0 Å². The third kappa shape index (κ3) is 5.73. The van der Waals surface area contributed by atoms with Crippen LogP contribution in [0.1, 0.15) is 44.0 Å². The lowest BCUT2D eigenvalue weighted by Gasteiger charge is -2.07. The molecule has 0 atom stereocenters. The van der Waals surface area contributed by atoms with Crippen molar-refractivity contribution in [2.45, 2.75) is 43.9 Å². The molecule has 0 saturated carbocycles. The molecule has 142 valence electrons. The van der Waals surface area contributed by atoms with Crippen molar-refractivity contribution in [3.8, 4) is 0 Å². The van der Waals surface area contributed by atoms with Gasteiger partial charge in [-0.1, -0.05) is 36.8 Å². The Morgan fingerprint density at radius 3 is 2.46 bits per heavy atom. The Balaban J connectivity index is 1.84. The summed E-state index contributed by atoms with van der Waals surface area (Å²) >= 11 is 7.10. The molecule has 0 aliphatic heterocycles. The molecule has 0 fully saturated rings. The Bertz CT molecular complexity index is 833. The van der Waals surface area contributed by atoms with Crippen LogP contribution in [-0.2, 0) is 14.8 Å².